The third kappa shape index (κ3) is 2.39. The summed E-state index contributed by atoms with van der Waals surface area (Å²) >= 11 is 0. The molecule has 0 aromatic carbocycles. The minimum absolute atomic E-state index is 0.0420. The summed E-state index contributed by atoms with van der Waals surface area (Å²) in [5.41, 5.74) is 0. The van der Waals surface area contributed by atoms with Crippen molar-refractivity contribution in [2.24, 2.45) is 0 Å². The van der Waals surface area contributed by atoms with Crippen LogP contribution in [-0.2, 0) is 11.2 Å². The number of nitrogens with zero attached hydrogens (tertiary/aromatic N) is 1. The van der Waals surface area contributed by atoms with Gasteiger partial charge < -0.3 is 14.4 Å². The second-order valence-corrected chi connectivity index (χ2v) is 3.79. The van der Waals surface area contributed by atoms with E-state index in [2.05, 4.69) is 0 Å². The minimum atomic E-state index is -0.610. The first-order chi connectivity index (χ1) is 7.27. The molecule has 1 N–H and O–H groups in total. The third-order valence-electron chi connectivity index (χ3n) is 2.71. The first kappa shape index (κ1) is 10.2. The lowest BCUT2D eigenvalue weighted by Gasteiger charge is -2.31. The summed E-state index contributed by atoms with van der Waals surface area (Å²) in [4.78, 5) is 13.0. The standard InChI is InChI=1S/C11H15NO3/c13-10-4-1-5-11(14)12(10)7-6-9-3-2-8-15-9/h2-3,8,10,13H,1,4-7H2. The average Bonchev–Trinajstić information content (AvgIpc) is 2.70. The Hall–Kier alpha value is -1.29. The Balaban J connectivity index is 1.89. The smallest absolute Gasteiger partial charge is 0.224 e. The van der Waals surface area contributed by atoms with E-state index >= 15 is 0 Å². The summed E-state index contributed by atoms with van der Waals surface area (Å²) in [6, 6.07) is 3.70. The van der Waals surface area contributed by atoms with Gasteiger partial charge in [-0.2, -0.15) is 0 Å². The lowest BCUT2D eigenvalue weighted by molar-refractivity contribution is -0.146. The maximum Gasteiger partial charge on any atom is 0.224 e. The number of piperidine rings is 1. The SMILES string of the molecule is O=C1CCCC(O)N1CCc1ccco1. The van der Waals surface area contributed by atoms with Crippen LogP contribution in [0.2, 0.25) is 0 Å². The predicted molar refractivity (Wildman–Crippen MR) is 54.0 cm³/mol. The van der Waals surface area contributed by atoms with E-state index in [1.807, 2.05) is 12.1 Å². The van der Waals surface area contributed by atoms with E-state index in [0.29, 0.717) is 25.8 Å². The molecular formula is C11H15NO3. The lowest BCUT2D eigenvalue weighted by Crippen LogP contribution is -2.44. The first-order valence-electron chi connectivity index (χ1n) is 5.27. The van der Waals surface area contributed by atoms with E-state index in [4.69, 9.17) is 4.42 Å². The summed E-state index contributed by atoms with van der Waals surface area (Å²) in [6.07, 6.45) is 3.69. The molecule has 1 aromatic rings. The molecule has 1 unspecified atom stereocenters. The maximum absolute atomic E-state index is 11.5. The molecule has 15 heavy (non-hydrogen) atoms. The molecule has 4 heteroatoms. The zero-order chi connectivity index (χ0) is 10.7. The molecule has 4 nitrogen and oxygen atoms in total. The van der Waals surface area contributed by atoms with Crippen molar-refractivity contribution >= 4 is 5.91 Å². The quantitative estimate of drug-likeness (QED) is 0.812. The highest BCUT2D eigenvalue weighted by Gasteiger charge is 2.25. The van der Waals surface area contributed by atoms with E-state index in [9.17, 15) is 9.90 Å². The van der Waals surface area contributed by atoms with Crippen molar-refractivity contribution in [1.29, 1.82) is 0 Å². The number of hydrogen-bond donors (Lipinski definition) is 1. The Kier molecular flexibility index (Phi) is 3.06. The number of carbonyl (C=O) groups is 1. The van der Waals surface area contributed by atoms with Crippen molar-refractivity contribution in [2.75, 3.05) is 6.54 Å². The van der Waals surface area contributed by atoms with Crippen molar-refractivity contribution in [2.45, 2.75) is 31.9 Å². The monoisotopic (exact) mass is 209 g/mol. The highest BCUT2D eigenvalue weighted by Crippen LogP contribution is 2.16. The Morgan fingerprint density at radius 1 is 1.60 bits per heavy atom. The molecule has 2 rings (SSSR count). The number of aliphatic hydroxyl groups excluding tert-OH is 1. The van der Waals surface area contributed by atoms with Gasteiger partial charge in [-0.05, 0) is 25.0 Å². The molecule has 82 valence electrons. The number of amides is 1. The van der Waals surface area contributed by atoms with Gasteiger partial charge >= 0.3 is 0 Å². The van der Waals surface area contributed by atoms with Crippen LogP contribution in [-0.4, -0.2) is 28.7 Å². The molecule has 0 radical (unpaired) electrons. The fourth-order valence-corrected chi connectivity index (χ4v) is 1.86. The summed E-state index contributed by atoms with van der Waals surface area (Å²) in [7, 11) is 0. The van der Waals surface area contributed by atoms with Gasteiger partial charge in [0.1, 0.15) is 12.0 Å². The molecule has 1 aliphatic rings. The largest absolute Gasteiger partial charge is 0.469 e. The number of hydrogen-bond acceptors (Lipinski definition) is 3. The van der Waals surface area contributed by atoms with Crippen LogP contribution < -0.4 is 0 Å². The van der Waals surface area contributed by atoms with Crippen LogP contribution in [0, 0.1) is 0 Å². The van der Waals surface area contributed by atoms with Crippen LogP contribution >= 0.6 is 0 Å². The van der Waals surface area contributed by atoms with E-state index in [0.717, 1.165) is 12.2 Å². The summed E-state index contributed by atoms with van der Waals surface area (Å²) < 4.78 is 5.18. The van der Waals surface area contributed by atoms with Gasteiger partial charge in [0.15, 0.2) is 0 Å². The molecule has 2 heterocycles. The summed E-state index contributed by atoms with van der Waals surface area (Å²) in [6.45, 7) is 0.535. The average molecular weight is 209 g/mol. The third-order valence-corrected chi connectivity index (χ3v) is 2.71. The predicted octanol–water partition coefficient (Wildman–Crippen LogP) is 1.15. The van der Waals surface area contributed by atoms with Gasteiger partial charge in [0.05, 0.1) is 6.26 Å². The van der Waals surface area contributed by atoms with Crippen molar-refractivity contribution in [3.05, 3.63) is 24.2 Å². The van der Waals surface area contributed by atoms with E-state index in [-0.39, 0.29) is 5.91 Å². The van der Waals surface area contributed by atoms with Gasteiger partial charge in [-0.3, -0.25) is 4.79 Å². The number of carbonyl (C=O) groups excluding carboxylic acids is 1. The fraction of sp³-hybridized carbons (Fsp3) is 0.545. The van der Waals surface area contributed by atoms with Gasteiger partial charge in [0.2, 0.25) is 5.91 Å². The molecular weight excluding hydrogens is 194 g/mol. The van der Waals surface area contributed by atoms with E-state index in [1.54, 1.807) is 6.26 Å². The van der Waals surface area contributed by atoms with Crippen molar-refractivity contribution in [1.82, 2.24) is 4.90 Å². The zero-order valence-electron chi connectivity index (χ0n) is 8.56. The molecule has 1 aromatic heterocycles. The van der Waals surface area contributed by atoms with Crippen LogP contribution in [0.3, 0.4) is 0 Å². The first-order valence-corrected chi connectivity index (χ1v) is 5.27. The van der Waals surface area contributed by atoms with Gasteiger partial charge in [-0.1, -0.05) is 0 Å². The topological polar surface area (TPSA) is 53.7 Å². The summed E-state index contributed by atoms with van der Waals surface area (Å²) in [5, 5.41) is 9.64. The highest BCUT2D eigenvalue weighted by molar-refractivity contribution is 5.77. The number of rotatable bonds is 3. The molecule has 0 spiro atoms. The van der Waals surface area contributed by atoms with Gasteiger partial charge in [-0.15, -0.1) is 0 Å². The van der Waals surface area contributed by atoms with E-state index in [1.165, 1.54) is 4.90 Å². The van der Waals surface area contributed by atoms with Crippen molar-refractivity contribution in [3.63, 3.8) is 0 Å². The van der Waals surface area contributed by atoms with Crippen molar-refractivity contribution < 1.29 is 14.3 Å². The molecule has 1 aliphatic heterocycles. The second kappa shape index (κ2) is 4.49. The van der Waals surface area contributed by atoms with Crippen LogP contribution in [0.4, 0.5) is 0 Å². The molecule has 0 saturated carbocycles. The number of aliphatic hydroxyl groups is 1. The van der Waals surface area contributed by atoms with Crippen LogP contribution in [0.15, 0.2) is 22.8 Å². The number of furan rings is 1. The fourth-order valence-electron chi connectivity index (χ4n) is 1.86. The molecule has 0 aliphatic carbocycles. The Bertz CT molecular complexity index is 321. The Morgan fingerprint density at radius 2 is 2.47 bits per heavy atom. The Labute approximate surface area is 88.5 Å². The van der Waals surface area contributed by atoms with Crippen molar-refractivity contribution in [3.8, 4) is 0 Å². The molecule has 1 fully saturated rings. The summed E-state index contributed by atoms with van der Waals surface area (Å²) in [5.74, 6) is 0.890. The highest BCUT2D eigenvalue weighted by atomic mass is 16.3. The van der Waals surface area contributed by atoms with Crippen LogP contribution in [0.25, 0.3) is 0 Å². The second-order valence-electron chi connectivity index (χ2n) is 3.79. The number of likely N-dealkylation sites (tertiary alicyclic amines) is 1. The molecule has 0 bridgehead atoms. The normalized spacial score (nSPS) is 22.1. The van der Waals surface area contributed by atoms with E-state index < -0.39 is 6.23 Å². The Morgan fingerprint density at radius 3 is 3.13 bits per heavy atom. The molecule has 1 amide bonds. The van der Waals surface area contributed by atoms with Gasteiger partial charge in [-0.25, -0.2) is 0 Å². The van der Waals surface area contributed by atoms with Crippen LogP contribution in [0.5, 0.6) is 0 Å². The minimum Gasteiger partial charge on any atom is -0.469 e. The zero-order valence-corrected chi connectivity index (χ0v) is 8.56. The molecule has 1 atom stereocenters. The van der Waals surface area contributed by atoms with Gasteiger partial charge in [0, 0.05) is 19.4 Å². The van der Waals surface area contributed by atoms with Crippen LogP contribution in [0.1, 0.15) is 25.0 Å². The molecule has 1 saturated heterocycles. The van der Waals surface area contributed by atoms with Gasteiger partial charge in [0.25, 0.3) is 0 Å². The lowest BCUT2D eigenvalue weighted by atomic mass is 10.1. The maximum atomic E-state index is 11.5.